The molecule has 8 nitrogen and oxygen atoms in total. The first-order chi connectivity index (χ1) is 13.8. The monoisotopic (exact) mass is 407 g/mol. The summed E-state index contributed by atoms with van der Waals surface area (Å²) in [5.41, 5.74) is 0.873. The fraction of sp³-hybridized carbons (Fsp3) is 0.333. The first-order valence-corrected chi connectivity index (χ1v) is 8.59. The Morgan fingerprint density at radius 2 is 1.76 bits per heavy atom. The van der Waals surface area contributed by atoms with Crippen LogP contribution in [0.25, 0.3) is 11.4 Å². The molecule has 0 radical (unpaired) electrons. The lowest BCUT2D eigenvalue weighted by Crippen LogP contribution is -2.20. The highest BCUT2D eigenvalue weighted by atomic mass is 19.4. The van der Waals surface area contributed by atoms with Gasteiger partial charge in [-0.2, -0.15) is 18.2 Å². The topological polar surface area (TPSA) is 95.2 Å². The minimum absolute atomic E-state index is 0.214. The molecule has 0 amide bonds. The number of halogens is 3. The van der Waals surface area contributed by atoms with Gasteiger partial charge in [-0.3, -0.25) is 0 Å². The van der Waals surface area contributed by atoms with Gasteiger partial charge in [-0.15, -0.1) is 0 Å². The van der Waals surface area contributed by atoms with Crippen LogP contribution in [0.1, 0.15) is 24.3 Å². The molecule has 1 saturated carbocycles. The predicted molar refractivity (Wildman–Crippen MR) is 94.4 cm³/mol. The molecule has 11 heteroatoms. The molecule has 152 valence electrons. The zero-order valence-electron chi connectivity index (χ0n) is 15.4. The van der Waals surface area contributed by atoms with Crippen LogP contribution in [0, 0.1) is 0 Å². The van der Waals surface area contributed by atoms with E-state index >= 15 is 0 Å². The summed E-state index contributed by atoms with van der Waals surface area (Å²) < 4.78 is 52.6. The summed E-state index contributed by atoms with van der Waals surface area (Å²) in [6.45, 7) is 0. The number of anilines is 1. The second kappa shape index (κ2) is 6.90. The van der Waals surface area contributed by atoms with Crippen molar-refractivity contribution in [3.63, 3.8) is 0 Å². The smallest absolute Gasteiger partial charge is 0.471 e. The van der Waals surface area contributed by atoms with E-state index in [0.29, 0.717) is 17.4 Å². The van der Waals surface area contributed by atoms with E-state index in [-0.39, 0.29) is 16.9 Å². The highest BCUT2D eigenvalue weighted by Gasteiger charge is 2.45. The van der Waals surface area contributed by atoms with E-state index in [1.54, 1.807) is 14.2 Å². The average Bonchev–Trinajstić information content (AvgIpc) is 3.30. The zero-order chi connectivity index (χ0) is 20.6. The third-order valence-electron chi connectivity index (χ3n) is 4.62. The first kappa shape index (κ1) is 19.0. The molecule has 29 heavy (non-hydrogen) atoms. The van der Waals surface area contributed by atoms with Gasteiger partial charge in [0.25, 0.3) is 0 Å². The van der Waals surface area contributed by atoms with Crippen molar-refractivity contribution in [3.05, 3.63) is 42.0 Å². The quantitative estimate of drug-likeness (QED) is 0.662. The number of hydrogen-bond donors (Lipinski definition) is 1. The SMILES string of the molecule is COc1ccc(C2(Nc3ncc(-c4noc(C(F)(F)F)n4)cn3)CC2)cc1OC. The molecule has 1 N–H and O–H groups in total. The molecule has 4 rings (SSSR count). The van der Waals surface area contributed by atoms with Gasteiger partial charge in [0.15, 0.2) is 11.5 Å². The van der Waals surface area contributed by atoms with Gasteiger partial charge in [-0.25, -0.2) is 9.97 Å². The Hall–Kier alpha value is -3.37. The Balaban J connectivity index is 1.52. The van der Waals surface area contributed by atoms with Gasteiger partial charge < -0.3 is 19.3 Å². The summed E-state index contributed by atoms with van der Waals surface area (Å²) in [4.78, 5) is 11.7. The van der Waals surface area contributed by atoms with E-state index in [2.05, 4.69) is 29.9 Å². The maximum atomic E-state index is 12.6. The van der Waals surface area contributed by atoms with Crippen molar-refractivity contribution < 1.29 is 27.2 Å². The van der Waals surface area contributed by atoms with Gasteiger partial charge >= 0.3 is 12.1 Å². The number of nitrogens with one attached hydrogen (secondary N) is 1. The Morgan fingerprint density at radius 1 is 1.07 bits per heavy atom. The van der Waals surface area contributed by atoms with Gasteiger partial charge in [0, 0.05) is 12.4 Å². The first-order valence-electron chi connectivity index (χ1n) is 8.59. The zero-order valence-corrected chi connectivity index (χ0v) is 15.4. The van der Waals surface area contributed by atoms with Crippen LogP contribution in [0.15, 0.2) is 35.1 Å². The van der Waals surface area contributed by atoms with Crippen molar-refractivity contribution in [1.82, 2.24) is 20.1 Å². The number of rotatable bonds is 6. The number of hydrogen-bond acceptors (Lipinski definition) is 8. The molecular formula is C18H16F3N5O3. The fourth-order valence-electron chi connectivity index (χ4n) is 2.92. The lowest BCUT2D eigenvalue weighted by Gasteiger charge is -2.19. The molecule has 0 saturated heterocycles. The number of aromatic nitrogens is 4. The lowest BCUT2D eigenvalue weighted by atomic mass is 10.0. The highest BCUT2D eigenvalue weighted by molar-refractivity contribution is 5.54. The summed E-state index contributed by atoms with van der Waals surface area (Å²) in [7, 11) is 3.14. The Morgan fingerprint density at radius 3 is 2.31 bits per heavy atom. The van der Waals surface area contributed by atoms with Crippen LogP contribution < -0.4 is 14.8 Å². The largest absolute Gasteiger partial charge is 0.493 e. The number of nitrogens with zero attached hydrogens (tertiary/aromatic N) is 4. The highest BCUT2D eigenvalue weighted by Crippen LogP contribution is 2.49. The number of benzene rings is 1. The van der Waals surface area contributed by atoms with Crippen molar-refractivity contribution >= 4 is 5.95 Å². The van der Waals surface area contributed by atoms with Gasteiger partial charge in [-0.1, -0.05) is 11.2 Å². The van der Waals surface area contributed by atoms with Crippen LogP contribution in [-0.2, 0) is 11.7 Å². The summed E-state index contributed by atoms with van der Waals surface area (Å²) >= 11 is 0. The molecule has 1 aliphatic rings. The van der Waals surface area contributed by atoms with Crippen molar-refractivity contribution in [2.45, 2.75) is 24.6 Å². The van der Waals surface area contributed by atoms with Crippen LogP contribution in [0.4, 0.5) is 19.1 Å². The standard InChI is InChI=1S/C18H16F3N5O3/c1-27-12-4-3-11(7-13(12)28-2)17(5-6-17)25-16-22-8-10(9-23-16)14-24-15(29-26-14)18(19,20)21/h3-4,7-9H,5-6H2,1-2H3,(H,22,23,25). The van der Waals surface area contributed by atoms with Crippen molar-refractivity contribution in [2.75, 3.05) is 19.5 Å². The molecule has 0 bridgehead atoms. The molecule has 0 unspecified atom stereocenters. The molecule has 1 aliphatic carbocycles. The lowest BCUT2D eigenvalue weighted by molar-refractivity contribution is -0.159. The summed E-state index contributed by atoms with van der Waals surface area (Å²) in [6.07, 6.45) is -0.289. The van der Waals surface area contributed by atoms with Gasteiger partial charge in [0.1, 0.15) is 0 Å². The summed E-state index contributed by atoms with van der Waals surface area (Å²) in [6, 6.07) is 5.66. The molecule has 0 spiro atoms. The maximum Gasteiger partial charge on any atom is 0.471 e. The predicted octanol–water partition coefficient (Wildman–Crippen LogP) is 3.66. The Bertz CT molecular complexity index is 1020. The fourth-order valence-corrected chi connectivity index (χ4v) is 2.92. The van der Waals surface area contributed by atoms with E-state index < -0.39 is 12.1 Å². The molecular weight excluding hydrogens is 391 g/mol. The van der Waals surface area contributed by atoms with Crippen molar-refractivity contribution in [3.8, 4) is 22.9 Å². The summed E-state index contributed by atoms with van der Waals surface area (Å²) in [5, 5.41) is 6.60. The molecule has 0 atom stereocenters. The molecule has 2 heterocycles. The van der Waals surface area contributed by atoms with Crippen LogP contribution in [-0.4, -0.2) is 34.3 Å². The number of methoxy groups -OCH3 is 2. The molecule has 1 aromatic carbocycles. The number of ether oxygens (including phenoxy) is 2. The molecule has 0 aliphatic heterocycles. The van der Waals surface area contributed by atoms with Crippen LogP contribution >= 0.6 is 0 Å². The van der Waals surface area contributed by atoms with E-state index in [1.807, 2.05) is 18.2 Å². The van der Waals surface area contributed by atoms with Gasteiger partial charge in [-0.05, 0) is 30.5 Å². The van der Waals surface area contributed by atoms with Crippen LogP contribution in [0.3, 0.4) is 0 Å². The van der Waals surface area contributed by atoms with Gasteiger partial charge in [0.05, 0.1) is 25.3 Å². The van der Waals surface area contributed by atoms with E-state index in [1.165, 1.54) is 12.4 Å². The van der Waals surface area contributed by atoms with E-state index in [9.17, 15) is 13.2 Å². The van der Waals surface area contributed by atoms with Crippen LogP contribution in [0.2, 0.25) is 0 Å². The van der Waals surface area contributed by atoms with Crippen molar-refractivity contribution in [2.24, 2.45) is 0 Å². The van der Waals surface area contributed by atoms with Gasteiger partial charge in [0.2, 0.25) is 11.8 Å². The molecule has 1 fully saturated rings. The third-order valence-corrected chi connectivity index (χ3v) is 4.62. The minimum atomic E-state index is -4.70. The third kappa shape index (κ3) is 3.67. The number of alkyl halides is 3. The second-order valence-electron chi connectivity index (χ2n) is 6.49. The molecule has 3 aromatic rings. The average molecular weight is 407 g/mol. The van der Waals surface area contributed by atoms with E-state index in [4.69, 9.17) is 9.47 Å². The van der Waals surface area contributed by atoms with E-state index in [0.717, 1.165) is 18.4 Å². The van der Waals surface area contributed by atoms with Crippen LogP contribution in [0.5, 0.6) is 11.5 Å². The van der Waals surface area contributed by atoms with Crippen molar-refractivity contribution in [1.29, 1.82) is 0 Å². The summed E-state index contributed by atoms with van der Waals surface area (Å²) in [5.74, 6) is -0.0662. The Labute approximate surface area is 163 Å². The minimum Gasteiger partial charge on any atom is -0.493 e. The maximum absolute atomic E-state index is 12.6. The Kier molecular flexibility index (Phi) is 4.52. The normalized spacial score (nSPS) is 15.1. The molecule has 2 aromatic heterocycles. The second-order valence-corrected chi connectivity index (χ2v) is 6.49.